The van der Waals surface area contributed by atoms with Crippen LogP contribution in [-0.4, -0.2) is 37.2 Å². The van der Waals surface area contributed by atoms with Gasteiger partial charge in [-0.05, 0) is 89.9 Å². The lowest BCUT2D eigenvalue weighted by molar-refractivity contribution is -0.167. The molecule has 0 N–H and O–H groups in total. The summed E-state index contributed by atoms with van der Waals surface area (Å²) in [5.74, 6) is -0.864. The molecule has 6 heteroatoms. The van der Waals surface area contributed by atoms with Gasteiger partial charge in [0.2, 0.25) is 0 Å². The largest absolute Gasteiger partial charge is 0.462 e. The van der Waals surface area contributed by atoms with E-state index in [1.807, 2.05) is 0 Å². The number of carbonyl (C=O) groups excluding carboxylic acids is 3. The predicted molar refractivity (Wildman–Crippen MR) is 344 cm³/mol. The molecule has 0 rings (SSSR count). The van der Waals surface area contributed by atoms with Crippen LogP contribution in [0.1, 0.15) is 355 Å². The van der Waals surface area contributed by atoms with Crippen molar-refractivity contribution in [3.8, 4) is 0 Å². The van der Waals surface area contributed by atoms with Gasteiger partial charge in [-0.1, -0.05) is 318 Å². The smallest absolute Gasteiger partial charge is 0.306 e. The normalized spacial score (nSPS) is 12.5. The van der Waals surface area contributed by atoms with Gasteiger partial charge in [-0.3, -0.25) is 14.4 Å². The second-order valence-corrected chi connectivity index (χ2v) is 23.1. The minimum Gasteiger partial charge on any atom is -0.462 e. The fourth-order valence-electron chi connectivity index (χ4n) is 10.1. The monoisotopic (exact) mass is 1100 g/mol. The lowest BCUT2D eigenvalue weighted by atomic mass is 10.0. The number of allylic oxidation sites excluding steroid dienone is 12. The molecule has 0 aliphatic rings. The van der Waals surface area contributed by atoms with E-state index >= 15 is 0 Å². The Morgan fingerprint density at radius 3 is 0.785 bits per heavy atom. The molecule has 0 aliphatic heterocycles. The standard InChI is InChI=1S/C73H130O6/c1-4-7-10-13-16-18-20-22-24-26-28-30-32-34-36-38-40-42-44-46-48-50-52-54-57-60-63-66-72(75)78-69-70(68-77-71(74)65-62-59-56-15-12-9-6-3)79-73(76)67-64-61-58-55-53-51-49-47-45-43-41-39-37-35-33-31-29-27-25-23-21-19-17-14-11-8-5-2/h7,10,16,18,22,24,27-30,34,36,70H,4-6,8-9,11-15,17,19-21,23,25-26,31-33,35,37-69H2,1-3H3/b10-7-,18-16-,24-22-,29-27-,30-28-,36-34-. The maximum atomic E-state index is 12.9. The van der Waals surface area contributed by atoms with Gasteiger partial charge in [-0.2, -0.15) is 0 Å². The van der Waals surface area contributed by atoms with Crippen molar-refractivity contribution >= 4 is 17.9 Å². The highest BCUT2D eigenvalue weighted by molar-refractivity contribution is 5.71. The Kier molecular flexibility index (Phi) is 64.7. The summed E-state index contributed by atoms with van der Waals surface area (Å²) in [6, 6.07) is 0. The van der Waals surface area contributed by atoms with Gasteiger partial charge < -0.3 is 14.2 Å². The Morgan fingerprint density at radius 2 is 0.494 bits per heavy atom. The summed E-state index contributed by atoms with van der Waals surface area (Å²) in [6.07, 6.45) is 88.1. The minimum atomic E-state index is -0.773. The zero-order chi connectivity index (χ0) is 57.1. The highest BCUT2D eigenvalue weighted by Gasteiger charge is 2.19. The molecule has 0 fully saturated rings. The molecule has 0 aliphatic carbocycles. The summed E-state index contributed by atoms with van der Waals surface area (Å²) in [5, 5.41) is 0. The van der Waals surface area contributed by atoms with Crippen LogP contribution >= 0.6 is 0 Å². The highest BCUT2D eigenvalue weighted by Crippen LogP contribution is 2.18. The van der Waals surface area contributed by atoms with Gasteiger partial charge in [0, 0.05) is 19.3 Å². The number of unbranched alkanes of at least 4 members (excludes halogenated alkanes) is 40. The molecule has 0 saturated carbocycles. The van der Waals surface area contributed by atoms with Crippen LogP contribution in [0, 0.1) is 0 Å². The molecule has 1 unspecified atom stereocenters. The molecule has 0 aromatic rings. The van der Waals surface area contributed by atoms with E-state index < -0.39 is 6.10 Å². The van der Waals surface area contributed by atoms with E-state index in [4.69, 9.17) is 14.2 Å². The summed E-state index contributed by atoms with van der Waals surface area (Å²) in [5.41, 5.74) is 0. The van der Waals surface area contributed by atoms with Crippen molar-refractivity contribution < 1.29 is 28.6 Å². The van der Waals surface area contributed by atoms with Crippen LogP contribution < -0.4 is 0 Å². The second kappa shape index (κ2) is 67.4. The topological polar surface area (TPSA) is 78.9 Å². The molecule has 0 bridgehead atoms. The molecule has 458 valence electrons. The Morgan fingerprint density at radius 1 is 0.266 bits per heavy atom. The summed E-state index contributed by atoms with van der Waals surface area (Å²) < 4.78 is 16.9. The van der Waals surface area contributed by atoms with E-state index in [0.717, 1.165) is 89.9 Å². The number of rotatable bonds is 63. The first kappa shape index (κ1) is 75.8. The van der Waals surface area contributed by atoms with Gasteiger partial charge in [-0.25, -0.2) is 0 Å². The molecule has 0 amide bonds. The average Bonchev–Trinajstić information content (AvgIpc) is 3.45. The van der Waals surface area contributed by atoms with Crippen LogP contribution in [0.3, 0.4) is 0 Å². The Balaban J connectivity index is 4.08. The molecule has 0 spiro atoms. The highest BCUT2D eigenvalue weighted by atomic mass is 16.6. The predicted octanol–water partition coefficient (Wildman–Crippen LogP) is 23.7. The molecule has 79 heavy (non-hydrogen) atoms. The van der Waals surface area contributed by atoms with Crippen molar-refractivity contribution in [3.63, 3.8) is 0 Å². The van der Waals surface area contributed by atoms with Gasteiger partial charge in [0.25, 0.3) is 0 Å². The van der Waals surface area contributed by atoms with E-state index in [0.29, 0.717) is 19.3 Å². The molecular weight excluding hydrogens is 973 g/mol. The van der Waals surface area contributed by atoms with Gasteiger partial charge in [0.1, 0.15) is 13.2 Å². The number of esters is 3. The van der Waals surface area contributed by atoms with Crippen molar-refractivity contribution in [3.05, 3.63) is 72.9 Å². The van der Waals surface area contributed by atoms with Gasteiger partial charge in [-0.15, -0.1) is 0 Å². The first-order chi connectivity index (χ1) is 39.0. The third kappa shape index (κ3) is 65.5. The molecule has 0 heterocycles. The van der Waals surface area contributed by atoms with E-state index in [2.05, 4.69) is 93.7 Å². The second-order valence-electron chi connectivity index (χ2n) is 23.1. The summed E-state index contributed by atoms with van der Waals surface area (Å²) >= 11 is 0. The quantitative estimate of drug-likeness (QED) is 0.0261. The molecule has 0 aromatic heterocycles. The minimum absolute atomic E-state index is 0.0724. The molecular formula is C73H130O6. The average molecular weight is 1100 g/mol. The first-order valence-corrected chi connectivity index (χ1v) is 34.4. The lowest BCUT2D eigenvalue weighted by Crippen LogP contribution is -2.30. The van der Waals surface area contributed by atoms with Gasteiger partial charge in [0.05, 0.1) is 0 Å². The van der Waals surface area contributed by atoms with E-state index in [-0.39, 0.29) is 31.1 Å². The number of hydrogen-bond donors (Lipinski definition) is 0. The molecule has 1 atom stereocenters. The van der Waals surface area contributed by atoms with E-state index in [9.17, 15) is 14.4 Å². The summed E-state index contributed by atoms with van der Waals surface area (Å²) in [6.45, 7) is 6.53. The summed E-state index contributed by atoms with van der Waals surface area (Å²) in [4.78, 5) is 38.2. The van der Waals surface area contributed by atoms with Crippen molar-refractivity contribution in [1.82, 2.24) is 0 Å². The Hall–Kier alpha value is -3.15. The fraction of sp³-hybridized carbons (Fsp3) is 0.795. The van der Waals surface area contributed by atoms with Crippen LogP contribution in [0.25, 0.3) is 0 Å². The van der Waals surface area contributed by atoms with Gasteiger partial charge >= 0.3 is 17.9 Å². The van der Waals surface area contributed by atoms with Crippen LogP contribution in [0.5, 0.6) is 0 Å². The zero-order valence-corrected chi connectivity index (χ0v) is 52.6. The maximum Gasteiger partial charge on any atom is 0.306 e. The van der Waals surface area contributed by atoms with Crippen LogP contribution in [0.2, 0.25) is 0 Å². The van der Waals surface area contributed by atoms with Gasteiger partial charge in [0.15, 0.2) is 6.10 Å². The van der Waals surface area contributed by atoms with E-state index in [1.54, 1.807) is 0 Å². The SMILES string of the molecule is CC/C=C\C/C=C\C/C=C\C/C=C\C/C=C\CCCCCCCCCCCCCC(=O)OCC(COC(=O)CCCCCCCCC)OC(=O)CCCCCCCCCCCCCCCCC/C=C\CCCCCCCCCC. The van der Waals surface area contributed by atoms with Crippen molar-refractivity contribution in [1.29, 1.82) is 0 Å². The first-order valence-electron chi connectivity index (χ1n) is 34.4. The number of hydrogen-bond acceptors (Lipinski definition) is 6. The van der Waals surface area contributed by atoms with Crippen molar-refractivity contribution in [2.24, 2.45) is 0 Å². The van der Waals surface area contributed by atoms with Crippen molar-refractivity contribution in [2.45, 2.75) is 361 Å². The Bertz CT molecular complexity index is 1450. The third-order valence-electron chi connectivity index (χ3n) is 15.2. The van der Waals surface area contributed by atoms with Crippen molar-refractivity contribution in [2.75, 3.05) is 13.2 Å². The van der Waals surface area contributed by atoms with Crippen LogP contribution in [0.4, 0.5) is 0 Å². The summed E-state index contributed by atoms with van der Waals surface area (Å²) in [7, 11) is 0. The molecule has 0 radical (unpaired) electrons. The zero-order valence-electron chi connectivity index (χ0n) is 52.6. The maximum absolute atomic E-state index is 12.9. The molecule has 0 saturated heterocycles. The van der Waals surface area contributed by atoms with Crippen LogP contribution in [-0.2, 0) is 28.6 Å². The third-order valence-corrected chi connectivity index (χ3v) is 15.2. The number of ether oxygens (including phenoxy) is 3. The fourth-order valence-corrected chi connectivity index (χ4v) is 10.1. The number of carbonyl (C=O) groups is 3. The lowest BCUT2D eigenvalue weighted by Gasteiger charge is -2.18. The molecule has 0 aromatic carbocycles. The van der Waals surface area contributed by atoms with Crippen LogP contribution in [0.15, 0.2) is 72.9 Å². The van der Waals surface area contributed by atoms with E-state index in [1.165, 1.54) is 225 Å². The Labute approximate surface area is 491 Å². The molecule has 6 nitrogen and oxygen atoms in total.